The fourth-order valence-corrected chi connectivity index (χ4v) is 1.15. The summed E-state index contributed by atoms with van der Waals surface area (Å²) in [5, 5.41) is 22.5. The van der Waals surface area contributed by atoms with E-state index in [2.05, 4.69) is 10.5 Å². The molecule has 92 valence electrons. The lowest BCUT2D eigenvalue weighted by atomic mass is 10.1. The van der Waals surface area contributed by atoms with Crippen LogP contribution in [0.25, 0.3) is 0 Å². The maximum atomic E-state index is 11.0. The molecule has 18 heavy (non-hydrogen) atoms. The third-order valence-corrected chi connectivity index (χ3v) is 2.08. The molecule has 0 fully saturated rings. The Morgan fingerprint density at radius 3 is 2.61 bits per heavy atom. The summed E-state index contributed by atoms with van der Waals surface area (Å²) in [4.78, 5) is 21.0. The maximum Gasteiger partial charge on any atom is 0.269 e. The van der Waals surface area contributed by atoms with E-state index in [1.807, 2.05) is 0 Å². The monoisotopic (exact) mass is 246 g/mol. The Balaban J connectivity index is 2.75. The first-order chi connectivity index (χ1) is 8.54. The van der Waals surface area contributed by atoms with Gasteiger partial charge in [-0.05, 0) is 24.6 Å². The molecule has 0 saturated heterocycles. The smallest absolute Gasteiger partial charge is 0.269 e. The van der Waals surface area contributed by atoms with E-state index in [9.17, 15) is 14.9 Å². The molecule has 0 spiro atoms. The third kappa shape index (κ3) is 3.68. The van der Waals surface area contributed by atoms with Crippen molar-refractivity contribution in [3.63, 3.8) is 0 Å². The largest absolute Gasteiger partial charge is 0.272 e. The second-order valence-electron chi connectivity index (χ2n) is 3.37. The van der Waals surface area contributed by atoms with Gasteiger partial charge < -0.3 is 0 Å². The molecule has 0 radical (unpaired) electrons. The molecule has 0 unspecified atom stereocenters. The van der Waals surface area contributed by atoms with Gasteiger partial charge in [-0.1, -0.05) is 0 Å². The molecule has 1 aromatic rings. The molecule has 0 heterocycles. The average Bonchev–Trinajstić information content (AvgIpc) is 2.36. The predicted octanol–water partition coefficient (Wildman–Crippen LogP) is 1.35. The Hall–Kier alpha value is -2.75. The summed E-state index contributed by atoms with van der Waals surface area (Å²) in [6, 6.07) is 7.47. The Kier molecular flexibility index (Phi) is 4.51. The summed E-state index contributed by atoms with van der Waals surface area (Å²) in [5.41, 5.74) is 3.35. The maximum absolute atomic E-state index is 11.0. The highest BCUT2D eigenvalue weighted by Gasteiger charge is 2.05. The first-order valence-corrected chi connectivity index (χ1v) is 4.99. The predicted molar refractivity (Wildman–Crippen MR) is 63.7 cm³/mol. The molecule has 0 atom stereocenters. The van der Waals surface area contributed by atoms with Crippen LogP contribution in [0.1, 0.15) is 18.9 Å². The van der Waals surface area contributed by atoms with Crippen molar-refractivity contribution < 1.29 is 9.72 Å². The van der Waals surface area contributed by atoms with E-state index < -0.39 is 10.8 Å². The number of benzene rings is 1. The fourth-order valence-electron chi connectivity index (χ4n) is 1.15. The van der Waals surface area contributed by atoms with Crippen LogP contribution in [-0.2, 0) is 4.79 Å². The number of carbonyl (C=O) groups is 1. The van der Waals surface area contributed by atoms with Crippen molar-refractivity contribution in [3.8, 4) is 6.07 Å². The van der Waals surface area contributed by atoms with E-state index in [0.29, 0.717) is 11.3 Å². The van der Waals surface area contributed by atoms with E-state index in [1.54, 1.807) is 13.0 Å². The number of non-ortho nitro benzene ring substituents is 1. The van der Waals surface area contributed by atoms with Gasteiger partial charge in [0.1, 0.15) is 6.42 Å². The minimum atomic E-state index is -0.501. The molecule has 0 saturated carbocycles. The van der Waals surface area contributed by atoms with Gasteiger partial charge in [-0.3, -0.25) is 14.9 Å². The zero-order valence-corrected chi connectivity index (χ0v) is 9.58. The van der Waals surface area contributed by atoms with E-state index in [1.165, 1.54) is 24.3 Å². The second kappa shape index (κ2) is 6.10. The highest BCUT2D eigenvalue weighted by molar-refractivity contribution is 5.99. The van der Waals surface area contributed by atoms with Crippen molar-refractivity contribution in [2.24, 2.45) is 5.10 Å². The highest BCUT2D eigenvalue weighted by atomic mass is 16.6. The summed E-state index contributed by atoms with van der Waals surface area (Å²) >= 11 is 0. The van der Waals surface area contributed by atoms with Crippen molar-refractivity contribution in [1.29, 1.82) is 5.26 Å². The lowest BCUT2D eigenvalue weighted by Gasteiger charge is -2.01. The van der Waals surface area contributed by atoms with Gasteiger partial charge in [-0.25, -0.2) is 5.43 Å². The van der Waals surface area contributed by atoms with Gasteiger partial charge in [0.05, 0.1) is 16.7 Å². The van der Waals surface area contributed by atoms with Gasteiger partial charge in [-0.15, -0.1) is 0 Å². The molecule has 1 aromatic carbocycles. The number of nitro groups is 1. The van der Waals surface area contributed by atoms with E-state index in [-0.39, 0.29) is 12.1 Å². The number of amides is 1. The van der Waals surface area contributed by atoms with Crippen LogP contribution in [0.4, 0.5) is 5.69 Å². The number of hydrogen-bond acceptors (Lipinski definition) is 5. The molecule has 1 amide bonds. The summed E-state index contributed by atoms with van der Waals surface area (Å²) in [6.07, 6.45) is -0.267. The Labute approximate surface area is 103 Å². The van der Waals surface area contributed by atoms with Gasteiger partial charge in [0.25, 0.3) is 11.6 Å². The molecule has 0 bridgehead atoms. The third-order valence-electron chi connectivity index (χ3n) is 2.08. The molecule has 0 aliphatic rings. The van der Waals surface area contributed by atoms with E-state index in [0.717, 1.165) is 0 Å². The molecule has 7 heteroatoms. The van der Waals surface area contributed by atoms with Crippen LogP contribution in [0.3, 0.4) is 0 Å². The Morgan fingerprint density at radius 1 is 1.50 bits per heavy atom. The number of carbonyl (C=O) groups excluding carboxylic acids is 1. The SMILES string of the molecule is C/C(=N\NC(=O)CC#N)c1ccc([N+](=O)[O-])cc1. The fraction of sp³-hybridized carbons (Fsp3) is 0.182. The zero-order chi connectivity index (χ0) is 13.5. The van der Waals surface area contributed by atoms with Crippen molar-refractivity contribution in [1.82, 2.24) is 5.43 Å². The molecule has 0 aliphatic heterocycles. The van der Waals surface area contributed by atoms with Crippen LogP contribution in [0, 0.1) is 21.4 Å². The summed E-state index contributed by atoms with van der Waals surface area (Å²) in [7, 11) is 0. The van der Waals surface area contributed by atoms with Gasteiger partial charge in [-0.2, -0.15) is 10.4 Å². The number of nitrogens with zero attached hydrogens (tertiary/aromatic N) is 3. The standard InChI is InChI=1S/C11H10N4O3/c1-8(13-14-11(16)6-7-12)9-2-4-10(5-3-9)15(17)18/h2-5H,6H2,1H3,(H,14,16)/b13-8+. The number of rotatable bonds is 4. The number of nitrogens with one attached hydrogen (secondary N) is 1. The number of hydrazone groups is 1. The molecule has 1 rings (SSSR count). The Morgan fingerprint density at radius 2 is 2.11 bits per heavy atom. The van der Waals surface area contributed by atoms with Crippen LogP contribution in [-0.4, -0.2) is 16.5 Å². The highest BCUT2D eigenvalue weighted by Crippen LogP contribution is 2.12. The van der Waals surface area contributed by atoms with E-state index >= 15 is 0 Å². The minimum Gasteiger partial charge on any atom is -0.272 e. The molecule has 1 N–H and O–H groups in total. The van der Waals surface area contributed by atoms with Crippen molar-refractivity contribution >= 4 is 17.3 Å². The molecule has 0 aromatic heterocycles. The van der Waals surface area contributed by atoms with Crippen LogP contribution < -0.4 is 5.43 Å². The lowest BCUT2D eigenvalue weighted by molar-refractivity contribution is -0.384. The molecular weight excluding hydrogens is 236 g/mol. The number of hydrogen-bond donors (Lipinski definition) is 1. The van der Waals surface area contributed by atoms with Gasteiger partial charge in [0.15, 0.2) is 0 Å². The van der Waals surface area contributed by atoms with Gasteiger partial charge >= 0.3 is 0 Å². The normalized spacial score (nSPS) is 10.6. The van der Waals surface area contributed by atoms with Crippen molar-refractivity contribution in [2.75, 3.05) is 0 Å². The van der Waals surface area contributed by atoms with Gasteiger partial charge in [0, 0.05) is 12.1 Å². The van der Waals surface area contributed by atoms with E-state index in [4.69, 9.17) is 5.26 Å². The molecule has 7 nitrogen and oxygen atoms in total. The van der Waals surface area contributed by atoms with Crippen LogP contribution >= 0.6 is 0 Å². The average molecular weight is 246 g/mol. The van der Waals surface area contributed by atoms with Crippen LogP contribution in [0.15, 0.2) is 29.4 Å². The topological polar surface area (TPSA) is 108 Å². The molecular formula is C11H10N4O3. The Bertz CT molecular complexity index is 528. The minimum absolute atomic E-state index is 0.0138. The summed E-state index contributed by atoms with van der Waals surface area (Å²) < 4.78 is 0. The molecule has 0 aliphatic carbocycles. The lowest BCUT2D eigenvalue weighted by Crippen LogP contribution is -2.18. The van der Waals surface area contributed by atoms with Gasteiger partial charge in [0.2, 0.25) is 0 Å². The zero-order valence-electron chi connectivity index (χ0n) is 9.58. The quantitative estimate of drug-likeness (QED) is 0.491. The second-order valence-corrected chi connectivity index (χ2v) is 3.37. The summed E-state index contributed by atoms with van der Waals surface area (Å²) in [6.45, 7) is 1.65. The summed E-state index contributed by atoms with van der Waals surface area (Å²) in [5.74, 6) is -0.501. The first-order valence-electron chi connectivity index (χ1n) is 4.99. The van der Waals surface area contributed by atoms with Crippen molar-refractivity contribution in [2.45, 2.75) is 13.3 Å². The first kappa shape index (κ1) is 13.3. The number of nitro benzene ring substituents is 1. The van der Waals surface area contributed by atoms with Crippen LogP contribution in [0.2, 0.25) is 0 Å². The number of nitriles is 1. The van der Waals surface area contributed by atoms with Crippen molar-refractivity contribution in [3.05, 3.63) is 39.9 Å². The van der Waals surface area contributed by atoms with Crippen LogP contribution in [0.5, 0.6) is 0 Å².